The number of hydrogen-bond acceptors (Lipinski definition) is 2. The third-order valence-corrected chi connectivity index (χ3v) is 11.1. The van der Waals surface area contributed by atoms with Crippen molar-refractivity contribution in [3.05, 3.63) is 187 Å². The van der Waals surface area contributed by atoms with Crippen LogP contribution in [0.4, 0.5) is 0 Å². The van der Waals surface area contributed by atoms with Gasteiger partial charge in [-0.2, -0.15) is 10.5 Å². The highest BCUT2D eigenvalue weighted by molar-refractivity contribution is 6.13. The summed E-state index contributed by atoms with van der Waals surface area (Å²) in [7, 11) is 0. The summed E-state index contributed by atoms with van der Waals surface area (Å²) in [6.45, 7) is 0. The highest BCUT2D eigenvalue weighted by Crippen LogP contribution is 2.41. The fourth-order valence-electron chi connectivity index (χ4n) is 8.82. The monoisotopic (exact) mass is 699 g/mol. The van der Waals surface area contributed by atoms with E-state index in [9.17, 15) is 10.5 Å². The Morgan fingerprint density at radius 2 is 0.818 bits per heavy atom. The van der Waals surface area contributed by atoms with Gasteiger partial charge in [0.05, 0.1) is 56.0 Å². The van der Waals surface area contributed by atoms with E-state index >= 15 is 0 Å². The molecule has 0 aliphatic rings. The first kappa shape index (κ1) is 30.7. The van der Waals surface area contributed by atoms with Gasteiger partial charge in [0.15, 0.2) is 0 Å². The van der Waals surface area contributed by atoms with Crippen molar-refractivity contribution in [3.8, 4) is 40.3 Å². The molecule has 0 bridgehead atoms. The smallest absolute Gasteiger partial charge is 0.101 e. The molecule has 11 aromatic rings. The Balaban J connectivity index is 1.19. The van der Waals surface area contributed by atoms with Crippen molar-refractivity contribution in [2.45, 2.75) is 0 Å². The molecule has 0 aliphatic carbocycles. The van der Waals surface area contributed by atoms with Crippen LogP contribution in [-0.2, 0) is 0 Å². The molecule has 3 heterocycles. The van der Waals surface area contributed by atoms with E-state index in [0.717, 1.165) is 82.8 Å². The van der Waals surface area contributed by atoms with E-state index in [2.05, 4.69) is 159 Å². The Bertz CT molecular complexity index is 3420. The Morgan fingerprint density at radius 1 is 0.327 bits per heavy atom. The Kier molecular flexibility index (Phi) is 6.61. The van der Waals surface area contributed by atoms with E-state index in [0.29, 0.717) is 11.1 Å². The van der Waals surface area contributed by atoms with Crippen LogP contribution in [0.15, 0.2) is 176 Å². The van der Waals surface area contributed by atoms with Crippen LogP contribution in [0.5, 0.6) is 0 Å². The highest BCUT2D eigenvalue weighted by Gasteiger charge is 2.21. The number of nitrogens with zero attached hydrogens (tertiary/aromatic N) is 5. The van der Waals surface area contributed by atoms with E-state index < -0.39 is 0 Å². The zero-order chi connectivity index (χ0) is 36.6. The maximum absolute atomic E-state index is 10.6. The first-order valence-electron chi connectivity index (χ1n) is 18.3. The van der Waals surface area contributed by atoms with Crippen LogP contribution in [0.25, 0.3) is 93.6 Å². The van der Waals surface area contributed by atoms with Crippen molar-refractivity contribution in [3.63, 3.8) is 0 Å². The van der Waals surface area contributed by atoms with Crippen LogP contribution in [0.1, 0.15) is 11.1 Å². The van der Waals surface area contributed by atoms with E-state index in [-0.39, 0.29) is 0 Å². The second-order valence-corrected chi connectivity index (χ2v) is 13.9. The third-order valence-electron chi connectivity index (χ3n) is 11.1. The largest absolute Gasteiger partial charge is 0.309 e. The van der Waals surface area contributed by atoms with Gasteiger partial charge >= 0.3 is 0 Å². The molecule has 55 heavy (non-hydrogen) atoms. The average Bonchev–Trinajstić information content (AvgIpc) is 3.89. The van der Waals surface area contributed by atoms with E-state index in [4.69, 9.17) is 0 Å². The molecule has 0 spiro atoms. The number of hydrogen-bond donors (Lipinski definition) is 0. The zero-order valence-corrected chi connectivity index (χ0v) is 29.5. The van der Waals surface area contributed by atoms with Gasteiger partial charge in [0.1, 0.15) is 6.07 Å². The molecule has 0 unspecified atom stereocenters. The maximum atomic E-state index is 10.6. The molecule has 11 rings (SSSR count). The van der Waals surface area contributed by atoms with Crippen LogP contribution in [0.3, 0.4) is 0 Å². The molecule has 0 saturated carbocycles. The SMILES string of the molecule is N#Cc1ccc(-n2c3ccccc3c3cccc(C#N)c32)cc1-c1ccccc1-n1c2ccccc2c2ccc(-n3c4ccccc4c4ccccc43)cc21. The van der Waals surface area contributed by atoms with Crippen molar-refractivity contribution >= 4 is 65.4 Å². The van der Waals surface area contributed by atoms with Crippen molar-refractivity contribution in [1.82, 2.24) is 13.7 Å². The minimum absolute atomic E-state index is 0.573. The maximum Gasteiger partial charge on any atom is 0.101 e. The van der Waals surface area contributed by atoms with Gasteiger partial charge in [0.25, 0.3) is 0 Å². The summed E-state index contributed by atoms with van der Waals surface area (Å²) >= 11 is 0. The predicted octanol–water partition coefficient (Wildman–Crippen LogP) is 12.4. The zero-order valence-electron chi connectivity index (χ0n) is 29.5. The molecule has 5 heteroatoms. The first-order chi connectivity index (χ1) is 27.2. The van der Waals surface area contributed by atoms with Crippen LogP contribution in [-0.4, -0.2) is 13.7 Å². The van der Waals surface area contributed by atoms with Crippen molar-refractivity contribution < 1.29 is 0 Å². The minimum atomic E-state index is 0.573. The van der Waals surface area contributed by atoms with Crippen LogP contribution >= 0.6 is 0 Å². The Morgan fingerprint density at radius 3 is 1.47 bits per heavy atom. The van der Waals surface area contributed by atoms with Gasteiger partial charge in [0, 0.05) is 54.8 Å². The lowest BCUT2D eigenvalue weighted by Crippen LogP contribution is -2.01. The molecule has 0 aliphatic heterocycles. The summed E-state index contributed by atoms with van der Waals surface area (Å²) in [5, 5.41) is 27.7. The van der Waals surface area contributed by atoms with Crippen LogP contribution in [0, 0.1) is 22.7 Å². The molecular formula is C50H29N5. The number of nitriles is 2. The molecule has 0 fully saturated rings. The van der Waals surface area contributed by atoms with Crippen LogP contribution in [0.2, 0.25) is 0 Å². The lowest BCUT2D eigenvalue weighted by Gasteiger charge is -2.17. The number of para-hydroxylation sites is 6. The average molecular weight is 700 g/mol. The van der Waals surface area contributed by atoms with Gasteiger partial charge in [-0.05, 0) is 66.7 Å². The predicted molar refractivity (Wildman–Crippen MR) is 224 cm³/mol. The van der Waals surface area contributed by atoms with Gasteiger partial charge in [-0.3, -0.25) is 0 Å². The summed E-state index contributed by atoms with van der Waals surface area (Å²) in [5.41, 5.74) is 12.2. The molecule has 5 nitrogen and oxygen atoms in total. The first-order valence-corrected chi connectivity index (χ1v) is 18.3. The second kappa shape index (κ2) is 11.8. The van der Waals surface area contributed by atoms with Gasteiger partial charge < -0.3 is 13.7 Å². The quantitative estimate of drug-likeness (QED) is 0.184. The highest BCUT2D eigenvalue weighted by atomic mass is 15.0. The van der Waals surface area contributed by atoms with Gasteiger partial charge in [-0.1, -0.05) is 109 Å². The fraction of sp³-hybridized carbons (Fsp3) is 0. The molecular weight excluding hydrogens is 671 g/mol. The van der Waals surface area contributed by atoms with Gasteiger partial charge in [-0.15, -0.1) is 0 Å². The van der Waals surface area contributed by atoms with E-state index in [1.807, 2.05) is 42.5 Å². The topological polar surface area (TPSA) is 62.4 Å². The Hall–Kier alpha value is -7.86. The standard InChI is InChI=1S/C50H29N5/c51-30-32-24-25-34(54-46-21-8-4-16-39(46)42-18-11-12-33(31-52)50(42)54)28-43(32)40-17-5-10-23-48(40)55-47-22-9-3-15-38(47)41-27-26-35(29-49(41)55)53-44-19-6-1-13-36(44)37-14-2-7-20-45(37)53/h1-29H. The number of fused-ring (bicyclic) bond motifs is 9. The molecule has 3 aromatic heterocycles. The lowest BCUT2D eigenvalue weighted by molar-refractivity contribution is 1.15. The molecule has 8 aromatic carbocycles. The number of rotatable bonds is 4. The number of benzene rings is 8. The summed E-state index contributed by atoms with van der Waals surface area (Å²) in [5.74, 6) is 0. The molecule has 0 radical (unpaired) electrons. The Labute approximate surface area is 316 Å². The van der Waals surface area contributed by atoms with Gasteiger partial charge in [0.2, 0.25) is 0 Å². The summed E-state index contributed by atoms with van der Waals surface area (Å²) in [6, 6.07) is 65.9. The summed E-state index contributed by atoms with van der Waals surface area (Å²) in [6.07, 6.45) is 0. The van der Waals surface area contributed by atoms with Crippen LogP contribution < -0.4 is 0 Å². The lowest BCUT2D eigenvalue weighted by atomic mass is 9.97. The van der Waals surface area contributed by atoms with E-state index in [1.165, 1.54) is 10.8 Å². The minimum Gasteiger partial charge on any atom is -0.309 e. The fourth-order valence-corrected chi connectivity index (χ4v) is 8.82. The molecule has 0 saturated heterocycles. The van der Waals surface area contributed by atoms with Crippen molar-refractivity contribution in [1.29, 1.82) is 10.5 Å². The summed E-state index contributed by atoms with van der Waals surface area (Å²) < 4.78 is 6.87. The second-order valence-electron chi connectivity index (χ2n) is 13.9. The van der Waals surface area contributed by atoms with Crippen molar-refractivity contribution in [2.75, 3.05) is 0 Å². The molecule has 0 atom stereocenters. The molecule has 254 valence electrons. The van der Waals surface area contributed by atoms with Gasteiger partial charge in [-0.25, -0.2) is 0 Å². The van der Waals surface area contributed by atoms with E-state index in [1.54, 1.807) is 0 Å². The third kappa shape index (κ3) is 4.39. The number of aromatic nitrogens is 3. The normalized spacial score (nSPS) is 11.6. The summed E-state index contributed by atoms with van der Waals surface area (Å²) in [4.78, 5) is 0. The molecule has 0 N–H and O–H groups in total. The molecule has 0 amide bonds. The van der Waals surface area contributed by atoms with Crippen molar-refractivity contribution in [2.24, 2.45) is 0 Å².